The lowest BCUT2D eigenvalue weighted by Crippen LogP contribution is -2.01. The van der Waals surface area contributed by atoms with Crippen molar-refractivity contribution in [2.45, 2.75) is 6.92 Å². The second kappa shape index (κ2) is 4.79. The maximum Gasteiger partial charge on any atom is 0.203 e. The van der Waals surface area contributed by atoms with Crippen molar-refractivity contribution in [2.75, 3.05) is 7.11 Å². The van der Waals surface area contributed by atoms with E-state index in [1.54, 1.807) is 29.8 Å². The Bertz CT molecular complexity index is 724. The first kappa shape index (κ1) is 12.4. The largest absolute Gasteiger partial charge is 0.497 e. The van der Waals surface area contributed by atoms with Gasteiger partial charge in [-0.05, 0) is 48.2 Å². The highest BCUT2D eigenvalue weighted by molar-refractivity contribution is 7.28. The lowest BCUT2D eigenvalue weighted by atomic mass is 10.0. The molecule has 0 aliphatic heterocycles. The van der Waals surface area contributed by atoms with Crippen LogP contribution in [0.15, 0.2) is 35.7 Å². The number of carbonyl (C=O) groups excluding carboxylic acids is 1. The number of hydrogen-bond donors (Lipinski definition) is 0. The summed E-state index contributed by atoms with van der Waals surface area (Å²) in [6, 6.07) is 9.60. The zero-order valence-electron chi connectivity index (χ0n) is 10.6. The molecule has 0 atom stereocenters. The van der Waals surface area contributed by atoms with Gasteiger partial charge in [0.05, 0.1) is 12.0 Å². The highest BCUT2D eigenvalue weighted by Crippen LogP contribution is 2.32. The highest BCUT2D eigenvalue weighted by atomic mass is 32.1. The molecule has 2 nitrogen and oxygen atoms in total. The average Bonchev–Trinajstić information content (AvgIpc) is 2.98. The first-order valence-corrected chi connectivity index (χ1v) is 7.55. The molecule has 0 N–H and O–H groups in total. The molecule has 19 heavy (non-hydrogen) atoms. The summed E-state index contributed by atoms with van der Waals surface area (Å²) in [5.74, 6) is 0.870. The fraction of sp³-hybridized carbons (Fsp3) is 0.133. The van der Waals surface area contributed by atoms with Crippen molar-refractivity contribution < 1.29 is 9.53 Å². The van der Waals surface area contributed by atoms with Crippen LogP contribution in [0.5, 0.6) is 5.75 Å². The number of fused-ring (bicyclic) bond motifs is 1. The minimum absolute atomic E-state index is 0.0913. The van der Waals surface area contributed by atoms with Gasteiger partial charge >= 0.3 is 0 Å². The fourth-order valence-corrected chi connectivity index (χ4v) is 4.09. The van der Waals surface area contributed by atoms with Crippen LogP contribution in [0.25, 0.3) is 9.40 Å². The van der Waals surface area contributed by atoms with Crippen molar-refractivity contribution in [3.8, 4) is 5.75 Å². The SMILES string of the molecule is COc1ccc(C(=O)c2cc3sccc3s2)c(C)c1. The molecule has 0 saturated heterocycles. The zero-order valence-corrected chi connectivity index (χ0v) is 12.2. The van der Waals surface area contributed by atoms with Gasteiger partial charge in [-0.2, -0.15) is 0 Å². The van der Waals surface area contributed by atoms with Gasteiger partial charge in [0.15, 0.2) is 0 Å². The minimum Gasteiger partial charge on any atom is -0.497 e. The monoisotopic (exact) mass is 288 g/mol. The van der Waals surface area contributed by atoms with E-state index >= 15 is 0 Å². The van der Waals surface area contributed by atoms with Crippen molar-refractivity contribution in [3.05, 3.63) is 51.7 Å². The molecule has 0 radical (unpaired) electrons. The van der Waals surface area contributed by atoms with E-state index < -0.39 is 0 Å². The van der Waals surface area contributed by atoms with E-state index in [2.05, 4.69) is 6.07 Å². The lowest BCUT2D eigenvalue weighted by Gasteiger charge is -2.06. The summed E-state index contributed by atoms with van der Waals surface area (Å²) in [5, 5.41) is 2.05. The molecule has 4 heteroatoms. The molecule has 0 amide bonds. The number of rotatable bonds is 3. The van der Waals surface area contributed by atoms with Gasteiger partial charge in [-0.3, -0.25) is 4.79 Å². The molecule has 0 aliphatic rings. The summed E-state index contributed by atoms with van der Waals surface area (Å²) in [6.07, 6.45) is 0. The van der Waals surface area contributed by atoms with Crippen LogP contribution in [0, 0.1) is 6.92 Å². The quantitative estimate of drug-likeness (QED) is 0.663. The topological polar surface area (TPSA) is 26.3 Å². The Morgan fingerprint density at radius 3 is 2.68 bits per heavy atom. The normalized spacial score (nSPS) is 10.8. The van der Waals surface area contributed by atoms with Crippen LogP contribution < -0.4 is 4.74 Å². The van der Waals surface area contributed by atoms with E-state index in [0.29, 0.717) is 0 Å². The third-order valence-electron chi connectivity index (χ3n) is 3.04. The van der Waals surface area contributed by atoms with Crippen LogP contribution in [0.3, 0.4) is 0 Å². The first-order chi connectivity index (χ1) is 9.19. The molecule has 3 aromatic rings. The van der Waals surface area contributed by atoms with E-state index in [1.165, 1.54) is 9.40 Å². The van der Waals surface area contributed by atoms with Crippen molar-refractivity contribution >= 4 is 37.9 Å². The molecule has 0 saturated carbocycles. The number of hydrogen-bond acceptors (Lipinski definition) is 4. The Morgan fingerprint density at radius 1 is 1.16 bits per heavy atom. The van der Waals surface area contributed by atoms with Crippen LogP contribution in [-0.4, -0.2) is 12.9 Å². The number of thiophene rings is 2. The lowest BCUT2D eigenvalue weighted by molar-refractivity contribution is 0.104. The molecule has 0 aliphatic carbocycles. The molecule has 3 rings (SSSR count). The first-order valence-electron chi connectivity index (χ1n) is 5.85. The van der Waals surface area contributed by atoms with Gasteiger partial charge in [0.25, 0.3) is 0 Å². The van der Waals surface area contributed by atoms with Crippen LogP contribution >= 0.6 is 22.7 Å². The summed E-state index contributed by atoms with van der Waals surface area (Å²) < 4.78 is 7.52. The highest BCUT2D eigenvalue weighted by Gasteiger charge is 2.15. The fourth-order valence-electron chi connectivity index (χ4n) is 2.03. The Labute approximate surface area is 119 Å². The number of ketones is 1. The maximum absolute atomic E-state index is 12.5. The second-order valence-corrected chi connectivity index (χ2v) is 6.30. The van der Waals surface area contributed by atoms with Gasteiger partial charge in [0, 0.05) is 15.0 Å². The summed E-state index contributed by atoms with van der Waals surface area (Å²) in [6.45, 7) is 1.94. The molecule has 96 valence electrons. The predicted octanol–water partition coefficient (Wildman–Crippen LogP) is 4.51. The average molecular weight is 288 g/mol. The van der Waals surface area contributed by atoms with E-state index in [4.69, 9.17) is 4.74 Å². The molecular weight excluding hydrogens is 276 g/mol. The van der Waals surface area contributed by atoms with E-state index in [0.717, 1.165) is 21.8 Å². The molecule has 0 fully saturated rings. The Kier molecular flexibility index (Phi) is 3.12. The van der Waals surface area contributed by atoms with Gasteiger partial charge in [-0.25, -0.2) is 0 Å². The van der Waals surface area contributed by atoms with Gasteiger partial charge in [-0.15, -0.1) is 22.7 Å². The van der Waals surface area contributed by atoms with Gasteiger partial charge in [0.1, 0.15) is 5.75 Å². The molecule has 0 spiro atoms. The van der Waals surface area contributed by atoms with E-state index in [-0.39, 0.29) is 5.78 Å². The standard InChI is InChI=1S/C15H12O2S2/c1-9-7-10(17-2)3-4-11(9)15(16)14-8-13-12(19-14)5-6-18-13/h3-8H,1-2H3. The summed E-state index contributed by atoms with van der Waals surface area (Å²) in [5.41, 5.74) is 1.69. The van der Waals surface area contributed by atoms with Crippen LogP contribution in [-0.2, 0) is 0 Å². The van der Waals surface area contributed by atoms with Crippen LogP contribution in [0.2, 0.25) is 0 Å². The molecule has 2 aromatic heterocycles. The van der Waals surface area contributed by atoms with Crippen LogP contribution in [0.1, 0.15) is 20.8 Å². The number of ether oxygens (including phenoxy) is 1. The van der Waals surface area contributed by atoms with Gasteiger partial charge in [0.2, 0.25) is 5.78 Å². The smallest absolute Gasteiger partial charge is 0.203 e. The van der Waals surface area contributed by atoms with E-state index in [1.807, 2.05) is 36.6 Å². The number of carbonyl (C=O) groups is 1. The van der Waals surface area contributed by atoms with Gasteiger partial charge in [-0.1, -0.05) is 0 Å². The summed E-state index contributed by atoms with van der Waals surface area (Å²) in [7, 11) is 1.63. The molecular formula is C15H12O2S2. The van der Waals surface area contributed by atoms with Crippen molar-refractivity contribution in [2.24, 2.45) is 0 Å². The Hall–Kier alpha value is -1.65. The predicted molar refractivity (Wildman–Crippen MR) is 80.9 cm³/mol. The number of methoxy groups -OCH3 is 1. The number of benzene rings is 1. The van der Waals surface area contributed by atoms with E-state index in [9.17, 15) is 4.79 Å². The zero-order chi connectivity index (χ0) is 13.4. The summed E-state index contributed by atoms with van der Waals surface area (Å²) in [4.78, 5) is 13.3. The number of aryl methyl sites for hydroxylation is 1. The Balaban J connectivity index is 2.01. The third-order valence-corrected chi connectivity index (χ3v) is 5.13. The molecule has 0 bridgehead atoms. The van der Waals surface area contributed by atoms with Crippen molar-refractivity contribution in [1.29, 1.82) is 0 Å². The Morgan fingerprint density at radius 2 is 2.00 bits per heavy atom. The molecule has 1 aromatic carbocycles. The van der Waals surface area contributed by atoms with Crippen molar-refractivity contribution in [1.82, 2.24) is 0 Å². The van der Waals surface area contributed by atoms with Crippen molar-refractivity contribution in [3.63, 3.8) is 0 Å². The summed E-state index contributed by atoms with van der Waals surface area (Å²) >= 11 is 3.22. The third kappa shape index (κ3) is 2.17. The van der Waals surface area contributed by atoms with Crippen LogP contribution in [0.4, 0.5) is 0 Å². The maximum atomic E-state index is 12.5. The minimum atomic E-state index is 0.0913. The second-order valence-electron chi connectivity index (χ2n) is 4.27. The molecule has 0 unspecified atom stereocenters. The van der Waals surface area contributed by atoms with Gasteiger partial charge < -0.3 is 4.74 Å². The molecule has 2 heterocycles.